The fourth-order valence-electron chi connectivity index (χ4n) is 2.86. The van der Waals surface area contributed by atoms with Crippen LogP contribution < -0.4 is 0 Å². The average Bonchev–Trinajstić information content (AvgIpc) is 2.66. The Kier molecular flexibility index (Phi) is 9.36. The quantitative estimate of drug-likeness (QED) is 0.331. The summed E-state index contributed by atoms with van der Waals surface area (Å²) in [5, 5.41) is 10.5. The van der Waals surface area contributed by atoms with Gasteiger partial charge in [-0.3, -0.25) is 9.59 Å². The van der Waals surface area contributed by atoms with Crippen LogP contribution >= 0.6 is 22.6 Å². The number of hydrogen-bond acceptors (Lipinski definition) is 7. The van der Waals surface area contributed by atoms with E-state index in [1.165, 1.54) is 19.4 Å². The highest BCUT2D eigenvalue weighted by Gasteiger charge is 2.44. The molecule has 4 atom stereocenters. The van der Waals surface area contributed by atoms with Crippen LogP contribution in [0.15, 0.2) is 40.0 Å². The fourth-order valence-corrected chi connectivity index (χ4v) is 3.51. The lowest BCUT2D eigenvalue weighted by Crippen LogP contribution is -2.54. The highest BCUT2D eigenvalue weighted by atomic mass is 127. The Labute approximate surface area is 178 Å². The van der Waals surface area contributed by atoms with Crippen molar-refractivity contribution in [1.82, 2.24) is 0 Å². The van der Waals surface area contributed by atoms with Crippen LogP contribution in [0.4, 0.5) is 0 Å². The Morgan fingerprint density at radius 3 is 2.54 bits per heavy atom. The van der Waals surface area contributed by atoms with E-state index in [0.717, 1.165) is 12.8 Å². The first-order chi connectivity index (χ1) is 13.4. The number of rotatable bonds is 8. The number of esters is 2. The van der Waals surface area contributed by atoms with Crippen molar-refractivity contribution >= 4 is 34.5 Å². The van der Waals surface area contributed by atoms with Crippen molar-refractivity contribution in [2.75, 3.05) is 13.2 Å². The van der Waals surface area contributed by atoms with E-state index >= 15 is 0 Å². The van der Waals surface area contributed by atoms with Gasteiger partial charge in [-0.15, -0.1) is 0 Å². The van der Waals surface area contributed by atoms with E-state index < -0.39 is 36.5 Å². The summed E-state index contributed by atoms with van der Waals surface area (Å²) in [4.78, 5) is 22.6. The summed E-state index contributed by atoms with van der Waals surface area (Å²) in [6.45, 7) is 2.79. The highest BCUT2D eigenvalue weighted by molar-refractivity contribution is 14.1. The van der Waals surface area contributed by atoms with Gasteiger partial charge in [0.15, 0.2) is 12.4 Å². The van der Waals surface area contributed by atoms with Gasteiger partial charge in [0, 0.05) is 19.4 Å². The third-order valence-corrected chi connectivity index (χ3v) is 4.90. The number of ether oxygens (including phenoxy) is 4. The molecule has 0 amide bonds. The summed E-state index contributed by atoms with van der Waals surface area (Å²) >= 11 is 1.99. The molecule has 0 radical (unpaired) electrons. The predicted molar refractivity (Wildman–Crippen MR) is 110 cm³/mol. The Balaban J connectivity index is 2.01. The number of benzene rings is 1. The van der Waals surface area contributed by atoms with Gasteiger partial charge in [-0.05, 0) is 22.5 Å². The zero-order valence-electron chi connectivity index (χ0n) is 15.9. The second-order valence-corrected chi connectivity index (χ2v) is 7.02. The summed E-state index contributed by atoms with van der Waals surface area (Å²) in [6.07, 6.45) is -2.15. The van der Waals surface area contributed by atoms with E-state index in [0.29, 0.717) is 12.2 Å². The van der Waals surface area contributed by atoms with Crippen molar-refractivity contribution in [3.63, 3.8) is 0 Å². The van der Waals surface area contributed by atoms with E-state index in [1.807, 2.05) is 40.8 Å². The minimum absolute atomic E-state index is 0.160. The standard InChI is InChI=1S/C20H25IO7/c1-13(22)26-12-17-18(24)19(27-14(2)23)16(11-21)20(28-17)25-10-6-9-15-7-4-3-5-8-15/h3-5,7-8,11,17-20,24H,6,9-10,12H2,1-2H3/b16-11-/t17?,18-,19?,20+/m1/s1. The number of carbonyl (C=O) groups is 2. The maximum absolute atomic E-state index is 11.5. The van der Waals surface area contributed by atoms with Crippen molar-refractivity contribution in [3.05, 3.63) is 45.6 Å². The summed E-state index contributed by atoms with van der Waals surface area (Å²) < 4.78 is 23.6. The topological polar surface area (TPSA) is 91.3 Å². The normalized spacial score (nSPS) is 26.1. The molecule has 8 heteroatoms. The summed E-state index contributed by atoms with van der Waals surface area (Å²) in [5.41, 5.74) is 1.73. The first-order valence-corrected chi connectivity index (χ1v) is 10.3. The summed E-state index contributed by atoms with van der Waals surface area (Å²) in [7, 11) is 0. The second-order valence-electron chi connectivity index (χ2n) is 6.40. The Morgan fingerprint density at radius 1 is 1.21 bits per heavy atom. The van der Waals surface area contributed by atoms with E-state index in [9.17, 15) is 14.7 Å². The molecule has 0 saturated carbocycles. The molecule has 2 unspecified atom stereocenters. The molecule has 1 aromatic carbocycles. The highest BCUT2D eigenvalue weighted by Crippen LogP contribution is 2.30. The third kappa shape index (κ3) is 6.84. The Bertz CT molecular complexity index is 676. The van der Waals surface area contributed by atoms with Gasteiger partial charge >= 0.3 is 11.9 Å². The molecule has 0 aromatic heterocycles. The van der Waals surface area contributed by atoms with Crippen LogP contribution in [0.5, 0.6) is 0 Å². The molecule has 1 fully saturated rings. The number of aliphatic hydroxyl groups excluding tert-OH is 1. The first kappa shape index (κ1) is 22.8. The number of hydrogen-bond donors (Lipinski definition) is 1. The van der Waals surface area contributed by atoms with E-state index in [1.54, 1.807) is 4.08 Å². The number of halogens is 1. The van der Waals surface area contributed by atoms with Gasteiger partial charge in [-0.1, -0.05) is 52.9 Å². The molecule has 7 nitrogen and oxygen atoms in total. The lowest BCUT2D eigenvalue weighted by Gasteiger charge is -2.39. The maximum Gasteiger partial charge on any atom is 0.303 e. The average molecular weight is 504 g/mol. The zero-order valence-corrected chi connectivity index (χ0v) is 18.0. The number of carbonyl (C=O) groups excluding carboxylic acids is 2. The molecule has 28 heavy (non-hydrogen) atoms. The molecule has 0 bridgehead atoms. The molecule has 2 rings (SSSR count). The number of aliphatic hydroxyl groups is 1. The van der Waals surface area contributed by atoms with Crippen LogP contribution in [-0.2, 0) is 35.0 Å². The monoisotopic (exact) mass is 504 g/mol. The minimum Gasteiger partial charge on any atom is -0.463 e. The summed E-state index contributed by atoms with van der Waals surface area (Å²) in [6, 6.07) is 10.0. The molecule has 0 spiro atoms. The van der Waals surface area contributed by atoms with Crippen LogP contribution in [0.3, 0.4) is 0 Å². The third-order valence-electron chi connectivity index (χ3n) is 4.18. The van der Waals surface area contributed by atoms with Crippen molar-refractivity contribution in [1.29, 1.82) is 0 Å². The molecular weight excluding hydrogens is 479 g/mol. The van der Waals surface area contributed by atoms with Crippen LogP contribution in [0, 0.1) is 0 Å². The fraction of sp³-hybridized carbons (Fsp3) is 0.500. The maximum atomic E-state index is 11.5. The van der Waals surface area contributed by atoms with Gasteiger partial charge in [0.1, 0.15) is 18.8 Å². The van der Waals surface area contributed by atoms with Gasteiger partial charge in [0.25, 0.3) is 0 Å². The van der Waals surface area contributed by atoms with Crippen LogP contribution in [0.2, 0.25) is 0 Å². The Hall–Kier alpha value is -1.49. The van der Waals surface area contributed by atoms with E-state index in [2.05, 4.69) is 12.1 Å². The molecule has 1 aromatic rings. The van der Waals surface area contributed by atoms with Gasteiger partial charge in [0.2, 0.25) is 0 Å². The molecule has 1 aliphatic heterocycles. The molecule has 1 N–H and O–H groups in total. The first-order valence-electron chi connectivity index (χ1n) is 9.02. The molecule has 154 valence electrons. The van der Waals surface area contributed by atoms with E-state index in [-0.39, 0.29) is 6.61 Å². The lowest BCUT2D eigenvalue weighted by atomic mass is 9.97. The minimum atomic E-state index is -1.17. The van der Waals surface area contributed by atoms with Crippen LogP contribution in [0.25, 0.3) is 0 Å². The van der Waals surface area contributed by atoms with Crippen LogP contribution in [0.1, 0.15) is 25.8 Å². The second kappa shape index (κ2) is 11.5. The smallest absolute Gasteiger partial charge is 0.303 e. The SMILES string of the molecule is CC(=O)OCC1O[C@H](OCCCc2ccccc2)/C(=C\I)C(OC(C)=O)[C@@H]1O. The van der Waals surface area contributed by atoms with Gasteiger partial charge in [-0.25, -0.2) is 0 Å². The van der Waals surface area contributed by atoms with Crippen molar-refractivity contribution < 1.29 is 33.6 Å². The lowest BCUT2D eigenvalue weighted by molar-refractivity contribution is -0.233. The van der Waals surface area contributed by atoms with Gasteiger partial charge in [-0.2, -0.15) is 0 Å². The largest absolute Gasteiger partial charge is 0.463 e. The summed E-state index contributed by atoms with van der Waals surface area (Å²) in [5.74, 6) is -1.02. The van der Waals surface area contributed by atoms with Crippen molar-refractivity contribution in [2.45, 2.75) is 51.3 Å². The number of aryl methyl sites for hydroxylation is 1. The molecule has 1 aliphatic rings. The van der Waals surface area contributed by atoms with Gasteiger partial charge in [0.05, 0.1) is 6.61 Å². The Morgan fingerprint density at radius 2 is 1.93 bits per heavy atom. The van der Waals surface area contributed by atoms with E-state index in [4.69, 9.17) is 18.9 Å². The predicted octanol–water partition coefficient (Wildman–Crippen LogP) is 2.54. The molecule has 1 heterocycles. The van der Waals surface area contributed by atoms with Gasteiger partial charge < -0.3 is 24.1 Å². The molecule has 1 saturated heterocycles. The van der Waals surface area contributed by atoms with Crippen molar-refractivity contribution in [2.24, 2.45) is 0 Å². The molecule has 0 aliphatic carbocycles. The van der Waals surface area contributed by atoms with Crippen LogP contribution in [-0.4, -0.2) is 54.9 Å². The van der Waals surface area contributed by atoms with Crippen molar-refractivity contribution in [3.8, 4) is 0 Å². The zero-order chi connectivity index (χ0) is 20.5. The molecular formula is C20H25IO7.